The van der Waals surface area contributed by atoms with Crippen molar-refractivity contribution in [2.75, 3.05) is 52.8 Å². The van der Waals surface area contributed by atoms with Crippen LogP contribution in [0.1, 0.15) is 86.0 Å². The van der Waals surface area contributed by atoms with Crippen LogP contribution in [0, 0.1) is 30.5 Å². The molecule has 0 spiro atoms. The van der Waals surface area contributed by atoms with Crippen molar-refractivity contribution in [3.05, 3.63) is 81.8 Å². The molecule has 3 unspecified atom stereocenters. The van der Waals surface area contributed by atoms with Gasteiger partial charge >= 0.3 is 5.97 Å². The van der Waals surface area contributed by atoms with Gasteiger partial charge in [0.15, 0.2) is 5.60 Å². The molecule has 7 N–H and O–H groups in total. The highest BCUT2D eigenvalue weighted by Crippen LogP contribution is 2.50. The Morgan fingerprint density at radius 1 is 0.932 bits per heavy atom. The number of aromatic nitrogens is 1. The van der Waals surface area contributed by atoms with Crippen LogP contribution in [0.15, 0.2) is 42.5 Å². The van der Waals surface area contributed by atoms with Crippen LogP contribution in [0.3, 0.4) is 0 Å². The molecule has 2 aromatic carbocycles. The lowest BCUT2D eigenvalue weighted by Gasteiger charge is -2.44. The molecule has 7 amide bonds. The van der Waals surface area contributed by atoms with Gasteiger partial charge in [0.1, 0.15) is 37.6 Å². The van der Waals surface area contributed by atoms with Crippen molar-refractivity contribution in [3.63, 3.8) is 0 Å². The molecule has 1 aliphatic carbocycles. The van der Waals surface area contributed by atoms with E-state index in [1.54, 1.807) is 57.2 Å². The number of aliphatic hydroxyl groups is 1. The predicted molar refractivity (Wildman–Crippen MR) is 257 cm³/mol. The monoisotopic (exact) mass is 1010 g/mol. The molecule has 0 radical (unpaired) electrons. The van der Waals surface area contributed by atoms with Gasteiger partial charge in [-0.15, -0.1) is 0 Å². The average molecular weight is 1010 g/mol. The van der Waals surface area contributed by atoms with Crippen LogP contribution in [0.2, 0.25) is 0 Å². The summed E-state index contributed by atoms with van der Waals surface area (Å²) in [4.78, 5) is 121. The Bertz CT molecular complexity index is 2720. The van der Waals surface area contributed by atoms with Crippen molar-refractivity contribution in [1.29, 1.82) is 0 Å². The van der Waals surface area contributed by atoms with E-state index in [0.29, 0.717) is 70.4 Å². The number of esters is 1. The fourth-order valence-corrected chi connectivity index (χ4v) is 9.52. The van der Waals surface area contributed by atoms with Gasteiger partial charge in [0, 0.05) is 48.3 Å². The van der Waals surface area contributed by atoms with Crippen molar-refractivity contribution in [2.24, 2.45) is 17.8 Å². The second-order valence-electron chi connectivity index (χ2n) is 18.7. The summed E-state index contributed by atoms with van der Waals surface area (Å²) in [5.74, 6) is -7.13. The van der Waals surface area contributed by atoms with Crippen LogP contribution in [-0.4, -0.2) is 133 Å². The van der Waals surface area contributed by atoms with Gasteiger partial charge in [0.25, 0.3) is 0 Å². The highest BCUT2D eigenvalue weighted by Gasteiger charge is 2.57. The summed E-state index contributed by atoms with van der Waals surface area (Å²) in [6.45, 7) is 4.59. The second kappa shape index (κ2) is 23.6. The number of Topliss-reactive ketones (excluding diaryl/α,β-unsaturated/α-hetero) is 1. The summed E-state index contributed by atoms with van der Waals surface area (Å²) in [6, 6.07) is 8.34. The number of carbonyl (C=O) groups is 9. The number of hydrogen-bond donors (Lipinski definition) is 7. The fourth-order valence-electron chi connectivity index (χ4n) is 9.52. The van der Waals surface area contributed by atoms with Crippen LogP contribution in [0.5, 0.6) is 0 Å². The maximum absolute atomic E-state index is 15.4. The van der Waals surface area contributed by atoms with Crippen LogP contribution in [0.25, 0.3) is 16.6 Å². The number of nitrogens with zero attached hydrogens (tertiary/aromatic N) is 2. The summed E-state index contributed by atoms with van der Waals surface area (Å²) in [6.07, 6.45) is 3.05. The lowest BCUT2D eigenvalue weighted by molar-refractivity contribution is -0.190. The third-order valence-corrected chi connectivity index (χ3v) is 13.9. The summed E-state index contributed by atoms with van der Waals surface area (Å²) < 4.78 is 31.5. The zero-order valence-corrected chi connectivity index (χ0v) is 41.2. The van der Waals surface area contributed by atoms with E-state index < -0.39 is 110 Å². The van der Waals surface area contributed by atoms with Gasteiger partial charge in [-0.2, -0.15) is 0 Å². The minimum atomic E-state index is -1.93. The summed E-state index contributed by atoms with van der Waals surface area (Å²) >= 11 is 0. The van der Waals surface area contributed by atoms with Crippen molar-refractivity contribution in [2.45, 2.75) is 90.4 Å². The van der Waals surface area contributed by atoms with Gasteiger partial charge in [0.2, 0.25) is 41.4 Å². The first-order chi connectivity index (χ1) is 34.9. The van der Waals surface area contributed by atoms with E-state index in [1.165, 1.54) is 17.9 Å². The Balaban J connectivity index is 0.892. The van der Waals surface area contributed by atoms with E-state index in [2.05, 4.69) is 31.9 Å². The molecule has 4 heterocycles. The second-order valence-corrected chi connectivity index (χ2v) is 18.7. The van der Waals surface area contributed by atoms with E-state index in [1.807, 2.05) is 0 Å². The van der Waals surface area contributed by atoms with Crippen LogP contribution in [-0.2, 0) is 76.7 Å². The first kappa shape index (κ1) is 53.6. The van der Waals surface area contributed by atoms with Gasteiger partial charge in [0.05, 0.1) is 61.7 Å². The molecule has 1 fully saturated rings. The number of aryl methyl sites for hydroxylation is 1. The highest BCUT2D eigenvalue weighted by atomic mass is 19.1. The predicted octanol–water partition coefficient (Wildman–Crippen LogP) is 0.601. The van der Waals surface area contributed by atoms with E-state index in [4.69, 9.17) is 19.2 Å². The number of hydrogen-bond acceptors (Lipinski definition) is 14. The molecule has 7 rings (SSSR count). The number of ether oxygens (including phenoxy) is 3. The zero-order chi connectivity index (χ0) is 52.6. The molecule has 3 aliphatic heterocycles. The number of rotatable bonds is 23. The maximum Gasteiger partial charge on any atom is 0.338 e. The zero-order valence-electron chi connectivity index (χ0n) is 41.2. The number of carbonyl (C=O) groups excluding carboxylic acids is 9. The van der Waals surface area contributed by atoms with Crippen LogP contribution >= 0.6 is 0 Å². The fraction of sp³-hybridized carbons (Fsp3) is 0.490. The van der Waals surface area contributed by atoms with E-state index >= 15 is 4.39 Å². The topological polar surface area (TPSA) is 290 Å². The van der Waals surface area contributed by atoms with E-state index in [0.717, 1.165) is 5.56 Å². The number of amides is 7. The third-order valence-electron chi connectivity index (χ3n) is 13.9. The standard InChI is InChI=1S/C51H61FN8O13/c1-5-51(70)34-18-39-47-32(23-60(39)49(68)33(34)24-73-50(51)69)46-36(12-11-31-28(3)35(52)19-37(59-47)45(31)46)57-44(66)25-72-26-56-42(64)21-55-48(67)38(17-30-9-7-6-8-10-30)58-43(65)22-54-41(63)20-53-40(62)14-16-71-15-13-27(2)29(4)61/h6-10,18-19,27,33-34,36,38,70H,5,11-17,20-26H2,1-4H3,(H,53,62)(H,54,63)(H,55,67)(H,56,64)(H,57,66)(H,58,65)/t27?,33?,34?,36-,38-,51-/m0/s1. The molecule has 21 nitrogen and oxygen atoms in total. The van der Waals surface area contributed by atoms with Crippen molar-refractivity contribution >= 4 is 69.7 Å². The number of pyridine rings is 1. The first-order valence-corrected chi connectivity index (χ1v) is 24.3. The molecule has 0 bridgehead atoms. The molecule has 0 saturated carbocycles. The molecule has 3 aromatic rings. The highest BCUT2D eigenvalue weighted by molar-refractivity contribution is 6.00. The molecule has 4 aliphatic rings. The molecule has 1 aromatic heterocycles. The smallest absolute Gasteiger partial charge is 0.338 e. The van der Waals surface area contributed by atoms with Crippen LogP contribution < -0.4 is 31.9 Å². The number of ketones is 1. The molecule has 22 heteroatoms. The van der Waals surface area contributed by atoms with Crippen molar-refractivity contribution < 1.29 is 66.9 Å². The largest absolute Gasteiger partial charge is 0.463 e. The van der Waals surface area contributed by atoms with Crippen molar-refractivity contribution in [1.82, 2.24) is 41.8 Å². The number of benzene rings is 2. The first-order valence-electron chi connectivity index (χ1n) is 24.3. The summed E-state index contributed by atoms with van der Waals surface area (Å²) in [7, 11) is 0. The molecular formula is C51H61FN8O13. The third kappa shape index (κ3) is 12.4. The molecule has 73 heavy (non-hydrogen) atoms. The summed E-state index contributed by atoms with van der Waals surface area (Å²) in [5.41, 5.74) is 2.37. The van der Waals surface area contributed by atoms with Gasteiger partial charge in [-0.25, -0.2) is 14.2 Å². The maximum atomic E-state index is 15.4. The lowest BCUT2D eigenvalue weighted by Crippen LogP contribution is -2.58. The molecule has 1 saturated heterocycles. The van der Waals surface area contributed by atoms with Gasteiger partial charge in [-0.1, -0.05) is 50.3 Å². The Hall–Kier alpha value is -7.17. The Kier molecular flexibility index (Phi) is 17.3. The molecule has 390 valence electrons. The number of nitrogens with one attached hydrogen (secondary N) is 6. The van der Waals surface area contributed by atoms with Gasteiger partial charge in [-0.3, -0.25) is 38.4 Å². The van der Waals surface area contributed by atoms with Crippen LogP contribution in [0.4, 0.5) is 4.39 Å². The van der Waals surface area contributed by atoms with E-state index in [-0.39, 0.29) is 56.6 Å². The summed E-state index contributed by atoms with van der Waals surface area (Å²) in [5, 5.41) is 27.4. The number of fused-ring (bicyclic) bond motifs is 5. The van der Waals surface area contributed by atoms with E-state index in [9.17, 15) is 48.3 Å². The molecular weight excluding hydrogens is 952 g/mol. The minimum absolute atomic E-state index is 0.00978. The quantitative estimate of drug-likeness (QED) is 0.0389. The van der Waals surface area contributed by atoms with Crippen molar-refractivity contribution in [3.8, 4) is 0 Å². The number of cyclic esters (lactones) is 1. The minimum Gasteiger partial charge on any atom is -0.463 e. The number of halogens is 1. The normalized spacial score (nSPS) is 20.3. The molecule has 6 atom stereocenters. The average Bonchev–Trinajstić information content (AvgIpc) is 3.74. The SMILES string of the molecule is CC[C@@]1(O)C(=O)OCC2C(=O)N3Cc4c(nc5cc(F)c(C)c6c5c4[C@@H](NC(=O)COCNC(=O)CNC(=O)[C@H](Cc4ccccc4)NC(=O)CNC(=O)CNC(=O)CCOCCC(C)C(C)=O)CC6)C3=CC21. The van der Waals surface area contributed by atoms with Gasteiger partial charge < -0.3 is 56.1 Å². The van der Waals surface area contributed by atoms with Gasteiger partial charge in [-0.05, 0) is 61.8 Å². The Labute approximate surface area is 420 Å². The Morgan fingerprint density at radius 3 is 2.38 bits per heavy atom. The lowest BCUT2D eigenvalue weighted by atomic mass is 9.72. The Morgan fingerprint density at radius 2 is 1.64 bits per heavy atom.